The summed E-state index contributed by atoms with van der Waals surface area (Å²) in [6.07, 6.45) is -0.494. The van der Waals surface area contributed by atoms with E-state index in [4.69, 9.17) is 18.9 Å². The molecule has 0 aliphatic rings. The van der Waals surface area contributed by atoms with E-state index in [1.807, 2.05) is 0 Å². The molecule has 0 saturated heterocycles. The SMILES string of the molecule is CCOC(Cc1ccc(OCCN(CCCCOc2ccc(F)cc2)C(=O)Oc2ccc(F)cc2F)cc1)C(=O)O. The fourth-order valence-corrected chi connectivity index (χ4v) is 3.76. The Morgan fingerprint density at radius 2 is 1.46 bits per heavy atom. The summed E-state index contributed by atoms with van der Waals surface area (Å²) in [5.74, 6) is -2.58. The smallest absolute Gasteiger partial charge is 0.415 e. The number of hydrogen-bond acceptors (Lipinski definition) is 6. The topological polar surface area (TPSA) is 94.5 Å². The highest BCUT2D eigenvalue weighted by atomic mass is 19.1. The van der Waals surface area contributed by atoms with E-state index in [2.05, 4.69) is 0 Å². The number of ether oxygens (including phenoxy) is 4. The standard InChI is InChI=1S/C30H32F3NO7/c1-2-38-28(29(35)36)19-21-5-10-24(11-6-21)40-18-16-34(30(37)41-27-14-9-23(32)20-26(27)33)15-3-4-17-39-25-12-7-22(31)8-13-25/h5-14,20,28H,2-4,15-19H2,1H3,(H,35,36). The molecule has 3 aromatic rings. The largest absolute Gasteiger partial charge is 0.494 e. The third-order valence-electron chi connectivity index (χ3n) is 5.87. The predicted octanol–water partition coefficient (Wildman–Crippen LogP) is 5.88. The van der Waals surface area contributed by atoms with Gasteiger partial charge in [-0.1, -0.05) is 12.1 Å². The van der Waals surface area contributed by atoms with Gasteiger partial charge in [-0.3, -0.25) is 0 Å². The highest BCUT2D eigenvalue weighted by molar-refractivity contribution is 5.72. The number of aliphatic carboxylic acids is 1. The number of carboxylic acids is 1. The third kappa shape index (κ3) is 10.7. The van der Waals surface area contributed by atoms with Crippen molar-refractivity contribution in [3.8, 4) is 17.2 Å². The number of unbranched alkanes of at least 4 members (excludes halogenated alkanes) is 1. The minimum Gasteiger partial charge on any atom is -0.494 e. The van der Waals surface area contributed by atoms with Crippen molar-refractivity contribution in [3.63, 3.8) is 0 Å². The number of carboxylic acid groups (broad SMARTS) is 1. The molecule has 0 fully saturated rings. The third-order valence-corrected chi connectivity index (χ3v) is 5.87. The molecule has 1 unspecified atom stereocenters. The summed E-state index contributed by atoms with van der Waals surface area (Å²) in [4.78, 5) is 25.5. The second-order valence-corrected chi connectivity index (χ2v) is 8.92. The molecule has 0 aromatic heterocycles. The Kier molecular flexibility index (Phi) is 12.3. The van der Waals surface area contributed by atoms with Crippen LogP contribution in [-0.2, 0) is 16.0 Å². The molecule has 11 heteroatoms. The lowest BCUT2D eigenvalue weighted by atomic mass is 10.1. The fourth-order valence-electron chi connectivity index (χ4n) is 3.76. The first-order chi connectivity index (χ1) is 19.7. The molecule has 3 aromatic carbocycles. The zero-order chi connectivity index (χ0) is 29.6. The van der Waals surface area contributed by atoms with Crippen molar-refractivity contribution < 1.29 is 46.8 Å². The highest BCUT2D eigenvalue weighted by Crippen LogP contribution is 2.19. The van der Waals surface area contributed by atoms with Crippen LogP contribution in [0, 0.1) is 17.5 Å². The van der Waals surface area contributed by atoms with Gasteiger partial charge in [0.05, 0.1) is 13.2 Å². The van der Waals surface area contributed by atoms with Gasteiger partial charge in [0.25, 0.3) is 0 Å². The molecule has 0 spiro atoms. The van der Waals surface area contributed by atoms with Crippen LogP contribution in [-0.4, -0.2) is 61.1 Å². The molecule has 0 aliphatic carbocycles. The van der Waals surface area contributed by atoms with E-state index in [-0.39, 0.29) is 38.5 Å². The van der Waals surface area contributed by atoms with Crippen LogP contribution in [0.1, 0.15) is 25.3 Å². The quantitative estimate of drug-likeness (QED) is 0.213. The molecule has 1 atom stereocenters. The summed E-state index contributed by atoms with van der Waals surface area (Å²) in [7, 11) is 0. The van der Waals surface area contributed by atoms with E-state index in [1.54, 1.807) is 31.2 Å². The van der Waals surface area contributed by atoms with Crippen LogP contribution in [0.5, 0.6) is 17.2 Å². The second-order valence-electron chi connectivity index (χ2n) is 8.92. The normalized spacial score (nSPS) is 11.5. The van der Waals surface area contributed by atoms with Crippen molar-refractivity contribution in [2.45, 2.75) is 32.3 Å². The second kappa shape index (κ2) is 16.1. The maximum atomic E-state index is 14.0. The Balaban J connectivity index is 1.53. The number of hydrogen-bond donors (Lipinski definition) is 1. The number of rotatable bonds is 16. The average Bonchev–Trinajstić information content (AvgIpc) is 2.95. The lowest BCUT2D eigenvalue weighted by Gasteiger charge is -2.22. The zero-order valence-corrected chi connectivity index (χ0v) is 22.6. The van der Waals surface area contributed by atoms with Gasteiger partial charge in [0, 0.05) is 25.6 Å². The van der Waals surface area contributed by atoms with Crippen LogP contribution in [0.3, 0.4) is 0 Å². The number of benzene rings is 3. The summed E-state index contributed by atoms with van der Waals surface area (Å²) in [6.45, 7) is 2.77. The molecule has 0 bridgehead atoms. The summed E-state index contributed by atoms with van der Waals surface area (Å²) < 4.78 is 62.0. The van der Waals surface area contributed by atoms with Crippen LogP contribution < -0.4 is 14.2 Å². The molecule has 3 rings (SSSR count). The number of amides is 1. The van der Waals surface area contributed by atoms with E-state index in [1.165, 1.54) is 29.2 Å². The van der Waals surface area contributed by atoms with E-state index in [0.29, 0.717) is 37.0 Å². The molecule has 8 nitrogen and oxygen atoms in total. The molecular weight excluding hydrogens is 543 g/mol. The Morgan fingerprint density at radius 1 is 0.829 bits per heavy atom. The lowest BCUT2D eigenvalue weighted by Crippen LogP contribution is -2.37. The molecule has 1 N–H and O–H groups in total. The van der Waals surface area contributed by atoms with E-state index in [9.17, 15) is 27.9 Å². The van der Waals surface area contributed by atoms with Gasteiger partial charge in [-0.25, -0.2) is 22.8 Å². The van der Waals surface area contributed by atoms with Crippen molar-refractivity contribution in [3.05, 3.63) is 89.7 Å². The molecule has 41 heavy (non-hydrogen) atoms. The maximum absolute atomic E-state index is 14.0. The highest BCUT2D eigenvalue weighted by Gasteiger charge is 2.19. The van der Waals surface area contributed by atoms with Crippen molar-refractivity contribution in [2.75, 3.05) is 32.9 Å². The predicted molar refractivity (Wildman–Crippen MR) is 144 cm³/mol. The zero-order valence-electron chi connectivity index (χ0n) is 22.6. The van der Waals surface area contributed by atoms with Gasteiger partial charge >= 0.3 is 12.1 Å². The van der Waals surface area contributed by atoms with Crippen LogP contribution in [0.4, 0.5) is 18.0 Å². The Hall–Kier alpha value is -4.25. The van der Waals surface area contributed by atoms with Gasteiger partial charge in [0.15, 0.2) is 17.7 Å². The first-order valence-corrected chi connectivity index (χ1v) is 13.1. The van der Waals surface area contributed by atoms with E-state index in [0.717, 1.165) is 17.7 Å². The van der Waals surface area contributed by atoms with Crippen molar-refractivity contribution >= 4 is 12.1 Å². The Morgan fingerprint density at radius 3 is 2.10 bits per heavy atom. The number of halogens is 3. The molecule has 1 amide bonds. The molecule has 0 heterocycles. The summed E-state index contributed by atoms with van der Waals surface area (Å²) >= 11 is 0. The van der Waals surface area contributed by atoms with E-state index >= 15 is 0 Å². The van der Waals surface area contributed by atoms with Gasteiger partial charge < -0.3 is 29.0 Å². The molecule has 0 saturated carbocycles. The maximum Gasteiger partial charge on any atom is 0.415 e. The van der Waals surface area contributed by atoms with Gasteiger partial charge in [-0.05, 0) is 73.9 Å². The molecule has 220 valence electrons. The summed E-state index contributed by atoms with van der Waals surface area (Å²) in [5.41, 5.74) is 0.757. The Labute approximate surface area is 236 Å². The van der Waals surface area contributed by atoms with Crippen LogP contribution in [0.15, 0.2) is 66.7 Å². The monoisotopic (exact) mass is 575 g/mol. The summed E-state index contributed by atoms with van der Waals surface area (Å²) in [5, 5.41) is 9.26. The first-order valence-electron chi connectivity index (χ1n) is 13.1. The number of carbonyl (C=O) groups is 2. The van der Waals surface area contributed by atoms with Crippen LogP contribution in [0.25, 0.3) is 0 Å². The van der Waals surface area contributed by atoms with Crippen LogP contribution in [0.2, 0.25) is 0 Å². The van der Waals surface area contributed by atoms with Gasteiger partial charge in [-0.15, -0.1) is 0 Å². The Bertz CT molecular complexity index is 1260. The molecule has 0 aliphatic heterocycles. The van der Waals surface area contributed by atoms with Gasteiger partial charge in [0.1, 0.15) is 29.7 Å². The van der Waals surface area contributed by atoms with E-state index < -0.39 is 35.6 Å². The first kappa shape index (κ1) is 31.3. The van der Waals surface area contributed by atoms with Gasteiger partial charge in [0.2, 0.25) is 0 Å². The van der Waals surface area contributed by atoms with Crippen molar-refractivity contribution in [2.24, 2.45) is 0 Å². The fraction of sp³-hybridized carbons (Fsp3) is 0.333. The van der Waals surface area contributed by atoms with Crippen molar-refractivity contribution in [1.29, 1.82) is 0 Å². The van der Waals surface area contributed by atoms with Crippen LogP contribution >= 0.6 is 0 Å². The molecular formula is C30H32F3NO7. The minimum absolute atomic E-state index is 0.0864. The summed E-state index contributed by atoms with van der Waals surface area (Å²) in [6, 6.07) is 15.1. The van der Waals surface area contributed by atoms with Crippen molar-refractivity contribution in [1.82, 2.24) is 4.90 Å². The minimum atomic E-state index is -1.04. The number of carbonyl (C=O) groups excluding carboxylic acids is 1. The van der Waals surface area contributed by atoms with Gasteiger partial charge in [-0.2, -0.15) is 0 Å². The molecule has 0 radical (unpaired) electrons. The number of nitrogens with zero attached hydrogens (tertiary/aromatic N) is 1. The lowest BCUT2D eigenvalue weighted by molar-refractivity contribution is -0.149. The average molecular weight is 576 g/mol.